The summed E-state index contributed by atoms with van der Waals surface area (Å²) in [6, 6.07) is 9.09. The summed E-state index contributed by atoms with van der Waals surface area (Å²) in [4.78, 5) is 27.4. The first-order valence-electron chi connectivity index (χ1n) is 8.32. The zero-order valence-corrected chi connectivity index (χ0v) is 14.8. The highest BCUT2D eigenvalue weighted by atomic mass is 16.2. The first-order chi connectivity index (χ1) is 11.9. The number of aromatic nitrogens is 1. The van der Waals surface area contributed by atoms with Crippen LogP contribution in [0.25, 0.3) is 0 Å². The average molecular weight is 340 g/mol. The molecule has 2 rings (SSSR count). The van der Waals surface area contributed by atoms with Crippen LogP contribution in [0.5, 0.6) is 0 Å². The Hall–Kier alpha value is -2.89. The number of hydrogen-bond acceptors (Lipinski definition) is 4. The minimum Gasteiger partial charge on any atom is -0.354 e. The van der Waals surface area contributed by atoms with Crippen LogP contribution in [0.15, 0.2) is 42.7 Å². The molecule has 0 bridgehead atoms. The van der Waals surface area contributed by atoms with Crippen LogP contribution in [-0.2, 0) is 4.79 Å². The molecular weight excluding hydrogens is 316 g/mol. The maximum atomic E-state index is 12.2. The minimum atomic E-state index is -0.135. The van der Waals surface area contributed by atoms with Crippen LogP contribution < -0.4 is 16.0 Å². The standard InChI is InChI=1S/C19H24N4O2/c1-13(2)7-8-21-19(25)15-9-18(12-20-11-15)23-17-6-4-5-16(10-17)22-14(3)24/h4-6,9-13,23H,7-8H2,1-3H3,(H,21,25)(H,22,24). The Bertz CT molecular complexity index is 744. The Balaban J connectivity index is 2.03. The van der Waals surface area contributed by atoms with E-state index in [1.165, 1.54) is 6.92 Å². The number of benzene rings is 1. The molecule has 2 aromatic rings. The van der Waals surface area contributed by atoms with Gasteiger partial charge in [0.05, 0.1) is 17.4 Å². The zero-order chi connectivity index (χ0) is 18.2. The highest BCUT2D eigenvalue weighted by Gasteiger charge is 2.07. The molecule has 132 valence electrons. The molecule has 0 radical (unpaired) electrons. The lowest BCUT2D eigenvalue weighted by molar-refractivity contribution is -0.114. The quantitative estimate of drug-likeness (QED) is 0.720. The van der Waals surface area contributed by atoms with E-state index in [0.29, 0.717) is 29.4 Å². The van der Waals surface area contributed by atoms with E-state index in [2.05, 4.69) is 34.8 Å². The number of nitrogens with one attached hydrogen (secondary N) is 3. The molecule has 1 heterocycles. The highest BCUT2D eigenvalue weighted by molar-refractivity contribution is 5.95. The summed E-state index contributed by atoms with van der Waals surface area (Å²) in [5, 5.41) is 8.83. The lowest BCUT2D eigenvalue weighted by Gasteiger charge is -2.10. The zero-order valence-electron chi connectivity index (χ0n) is 14.8. The summed E-state index contributed by atoms with van der Waals surface area (Å²) in [7, 11) is 0. The normalized spacial score (nSPS) is 10.4. The van der Waals surface area contributed by atoms with E-state index in [0.717, 1.165) is 12.1 Å². The fourth-order valence-electron chi connectivity index (χ4n) is 2.25. The predicted octanol–water partition coefficient (Wildman–Crippen LogP) is 3.56. The van der Waals surface area contributed by atoms with E-state index in [-0.39, 0.29) is 11.8 Å². The molecule has 0 atom stereocenters. The summed E-state index contributed by atoms with van der Waals surface area (Å²) < 4.78 is 0. The molecular formula is C19H24N4O2. The topological polar surface area (TPSA) is 83.1 Å². The molecule has 1 aromatic heterocycles. The van der Waals surface area contributed by atoms with Gasteiger partial charge in [0, 0.05) is 31.0 Å². The molecule has 0 spiro atoms. The maximum absolute atomic E-state index is 12.2. The summed E-state index contributed by atoms with van der Waals surface area (Å²) in [5.74, 6) is 0.282. The smallest absolute Gasteiger partial charge is 0.252 e. The highest BCUT2D eigenvalue weighted by Crippen LogP contribution is 2.20. The van der Waals surface area contributed by atoms with E-state index in [1.807, 2.05) is 24.3 Å². The maximum Gasteiger partial charge on any atom is 0.252 e. The second-order valence-corrected chi connectivity index (χ2v) is 6.29. The van der Waals surface area contributed by atoms with Gasteiger partial charge in [-0.2, -0.15) is 0 Å². The number of rotatable bonds is 7. The molecule has 1 aromatic carbocycles. The van der Waals surface area contributed by atoms with Crippen molar-refractivity contribution in [1.82, 2.24) is 10.3 Å². The second-order valence-electron chi connectivity index (χ2n) is 6.29. The van der Waals surface area contributed by atoms with Gasteiger partial charge >= 0.3 is 0 Å². The molecule has 0 aliphatic carbocycles. The summed E-state index contributed by atoms with van der Waals surface area (Å²) >= 11 is 0. The largest absolute Gasteiger partial charge is 0.354 e. The van der Waals surface area contributed by atoms with Crippen LogP contribution in [0.1, 0.15) is 37.6 Å². The van der Waals surface area contributed by atoms with Crippen molar-refractivity contribution in [3.63, 3.8) is 0 Å². The lowest BCUT2D eigenvalue weighted by Crippen LogP contribution is -2.25. The monoisotopic (exact) mass is 340 g/mol. The van der Waals surface area contributed by atoms with Gasteiger partial charge in [-0.1, -0.05) is 19.9 Å². The fourth-order valence-corrected chi connectivity index (χ4v) is 2.25. The fraction of sp³-hybridized carbons (Fsp3) is 0.316. The van der Waals surface area contributed by atoms with Crippen molar-refractivity contribution in [1.29, 1.82) is 0 Å². The molecule has 6 heteroatoms. The Morgan fingerprint density at radius 2 is 1.84 bits per heavy atom. The number of nitrogens with zero attached hydrogens (tertiary/aromatic N) is 1. The Morgan fingerprint density at radius 3 is 2.56 bits per heavy atom. The molecule has 3 N–H and O–H groups in total. The number of anilines is 3. The van der Waals surface area contributed by atoms with Crippen molar-refractivity contribution >= 4 is 28.9 Å². The van der Waals surface area contributed by atoms with Gasteiger partial charge in [0.1, 0.15) is 0 Å². The van der Waals surface area contributed by atoms with Gasteiger partial charge < -0.3 is 16.0 Å². The van der Waals surface area contributed by atoms with Gasteiger partial charge in [-0.15, -0.1) is 0 Å². The summed E-state index contributed by atoms with van der Waals surface area (Å²) in [5.41, 5.74) is 2.71. The number of carbonyl (C=O) groups is 2. The van der Waals surface area contributed by atoms with Gasteiger partial charge in [0.15, 0.2) is 0 Å². The minimum absolute atomic E-state index is 0.126. The third kappa shape index (κ3) is 6.25. The molecule has 0 aliphatic heterocycles. The number of hydrogen-bond donors (Lipinski definition) is 3. The van der Waals surface area contributed by atoms with Gasteiger partial charge in [-0.25, -0.2) is 0 Å². The second kappa shape index (κ2) is 8.82. The number of amides is 2. The number of carbonyl (C=O) groups excluding carboxylic acids is 2. The molecule has 2 amide bonds. The van der Waals surface area contributed by atoms with Crippen molar-refractivity contribution in [2.45, 2.75) is 27.2 Å². The van der Waals surface area contributed by atoms with Crippen LogP contribution in [0.3, 0.4) is 0 Å². The van der Waals surface area contributed by atoms with Gasteiger partial charge in [-0.3, -0.25) is 14.6 Å². The van der Waals surface area contributed by atoms with Crippen LogP contribution in [0.4, 0.5) is 17.1 Å². The first kappa shape index (κ1) is 18.4. The van der Waals surface area contributed by atoms with Crippen molar-refractivity contribution in [2.24, 2.45) is 5.92 Å². The molecule has 0 saturated carbocycles. The molecule has 0 unspecified atom stereocenters. The molecule has 0 fully saturated rings. The lowest BCUT2D eigenvalue weighted by atomic mass is 10.1. The summed E-state index contributed by atoms with van der Waals surface area (Å²) in [6.45, 7) is 6.35. The third-order valence-corrected chi connectivity index (χ3v) is 3.48. The Labute approximate surface area is 148 Å². The van der Waals surface area contributed by atoms with Crippen LogP contribution in [-0.4, -0.2) is 23.3 Å². The van der Waals surface area contributed by atoms with Crippen molar-refractivity contribution in [2.75, 3.05) is 17.2 Å². The SMILES string of the molecule is CC(=O)Nc1cccc(Nc2cncc(C(=O)NCCC(C)C)c2)c1. The van der Waals surface area contributed by atoms with Crippen molar-refractivity contribution < 1.29 is 9.59 Å². The van der Waals surface area contributed by atoms with Crippen LogP contribution >= 0.6 is 0 Å². The number of pyridine rings is 1. The van der Waals surface area contributed by atoms with Gasteiger partial charge in [-0.05, 0) is 36.6 Å². The summed E-state index contributed by atoms with van der Waals surface area (Å²) in [6.07, 6.45) is 4.13. The predicted molar refractivity (Wildman–Crippen MR) is 100 cm³/mol. The molecule has 0 aliphatic rings. The van der Waals surface area contributed by atoms with E-state index in [9.17, 15) is 9.59 Å². The van der Waals surface area contributed by atoms with E-state index in [1.54, 1.807) is 18.5 Å². The van der Waals surface area contributed by atoms with Crippen LogP contribution in [0, 0.1) is 5.92 Å². The Morgan fingerprint density at radius 1 is 1.08 bits per heavy atom. The van der Waals surface area contributed by atoms with Gasteiger partial charge in [0.25, 0.3) is 5.91 Å². The van der Waals surface area contributed by atoms with E-state index in [4.69, 9.17) is 0 Å². The Kier molecular flexibility index (Phi) is 6.51. The van der Waals surface area contributed by atoms with Crippen molar-refractivity contribution in [3.8, 4) is 0 Å². The first-order valence-corrected chi connectivity index (χ1v) is 8.32. The van der Waals surface area contributed by atoms with E-state index >= 15 is 0 Å². The van der Waals surface area contributed by atoms with Crippen molar-refractivity contribution in [3.05, 3.63) is 48.3 Å². The third-order valence-electron chi connectivity index (χ3n) is 3.48. The molecule has 25 heavy (non-hydrogen) atoms. The van der Waals surface area contributed by atoms with Crippen LogP contribution in [0.2, 0.25) is 0 Å². The van der Waals surface area contributed by atoms with Gasteiger partial charge in [0.2, 0.25) is 5.91 Å². The molecule has 0 saturated heterocycles. The van der Waals surface area contributed by atoms with E-state index < -0.39 is 0 Å². The molecule has 6 nitrogen and oxygen atoms in total. The average Bonchev–Trinajstić information content (AvgIpc) is 2.54.